The summed E-state index contributed by atoms with van der Waals surface area (Å²) in [4.78, 5) is 17.2. The Morgan fingerprint density at radius 1 is 1.46 bits per heavy atom. The molecular formula is C9H8N3O. The quantitative estimate of drug-likeness (QED) is 0.673. The van der Waals surface area contributed by atoms with Crippen LogP contribution in [-0.2, 0) is 11.3 Å². The highest BCUT2D eigenvalue weighted by Crippen LogP contribution is 2.09. The van der Waals surface area contributed by atoms with Gasteiger partial charge in [0.1, 0.15) is 5.82 Å². The van der Waals surface area contributed by atoms with E-state index in [1.807, 2.05) is 24.3 Å². The molecule has 0 bridgehead atoms. The Labute approximate surface area is 75.0 Å². The molecule has 0 aliphatic rings. The summed E-state index contributed by atoms with van der Waals surface area (Å²) in [5.74, 6) is 0.740. The normalized spacial score (nSPS) is 10.2. The van der Waals surface area contributed by atoms with Crippen molar-refractivity contribution in [2.75, 3.05) is 0 Å². The predicted octanol–water partition coefficient (Wildman–Crippen LogP) is 0.720. The van der Waals surface area contributed by atoms with Gasteiger partial charge in [0, 0.05) is 0 Å². The molecule has 1 amide bonds. The minimum atomic E-state index is 0.387. The summed E-state index contributed by atoms with van der Waals surface area (Å²) in [6, 6.07) is 7.71. The third-order valence-corrected chi connectivity index (χ3v) is 1.77. The van der Waals surface area contributed by atoms with Crippen molar-refractivity contribution in [3.05, 3.63) is 30.1 Å². The van der Waals surface area contributed by atoms with E-state index >= 15 is 0 Å². The van der Waals surface area contributed by atoms with Crippen LogP contribution in [0.15, 0.2) is 24.3 Å². The Morgan fingerprint density at radius 2 is 2.31 bits per heavy atom. The summed E-state index contributed by atoms with van der Waals surface area (Å²) in [5.41, 5.74) is 1.88. The highest BCUT2D eigenvalue weighted by molar-refractivity contribution is 5.74. The van der Waals surface area contributed by atoms with E-state index in [1.54, 1.807) is 6.41 Å². The van der Waals surface area contributed by atoms with Crippen LogP contribution >= 0.6 is 0 Å². The predicted molar refractivity (Wildman–Crippen MR) is 48.6 cm³/mol. The maximum atomic E-state index is 9.92. The molecule has 0 saturated carbocycles. The third kappa shape index (κ3) is 1.51. The lowest BCUT2D eigenvalue weighted by Crippen LogP contribution is -2.10. The molecule has 0 aliphatic carbocycles. The fraction of sp³-hybridized carbons (Fsp3) is 0.111. The Balaban J connectivity index is 2.32. The lowest BCUT2D eigenvalue weighted by atomic mass is 10.3. The summed E-state index contributed by atoms with van der Waals surface area (Å²) in [6.07, 6.45) is 1.60. The number of fused-ring (bicyclic) bond motifs is 1. The maximum absolute atomic E-state index is 9.92. The number of nitrogens with zero attached hydrogens (tertiary/aromatic N) is 1. The highest BCUT2D eigenvalue weighted by atomic mass is 16.1. The summed E-state index contributed by atoms with van der Waals surface area (Å²) in [5, 5.41) is 2.43. The lowest BCUT2D eigenvalue weighted by molar-refractivity contribution is 0.540. The maximum Gasteiger partial charge on any atom is 0.309 e. The van der Waals surface area contributed by atoms with E-state index in [4.69, 9.17) is 0 Å². The molecule has 0 fully saturated rings. The molecule has 0 saturated heterocycles. The van der Waals surface area contributed by atoms with Crippen LogP contribution in [0.5, 0.6) is 0 Å². The molecule has 1 heterocycles. The van der Waals surface area contributed by atoms with Gasteiger partial charge >= 0.3 is 6.41 Å². The minimum Gasteiger partial charge on any atom is -0.341 e. The third-order valence-electron chi connectivity index (χ3n) is 1.77. The van der Waals surface area contributed by atoms with E-state index in [0.29, 0.717) is 6.54 Å². The van der Waals surface area contributed by atoms with Crippen molar-refractivity contribution in [1.82, 2.24) is 15.3 Å². The first-order chi connectivity index (χ1) is 6.40. The molecule has 0 atom stereocenters. The molecule has 0 aliphatic heterocycles. The van der Waals surface area contributed by atoms with E-state index < -0.39 is 0 Å². The van der Waals surface area contributed by atoms with Gasteiger partial charge in [-0.3, -0.25) is 4.79 Å². The van der Waals surface area contributed by atoms with Gasteiger partial charge in [-0.15, -0.1) is 0 Å². The molecule has 65 valence electrons. The smallest absolute Gasteiger partial charge is 0.309 e. The highest BCUT2D eigenvalue weighted by Gasteiger charge is 1.99. The Bertz CT molecular complexity index is 388. The van der Waals surface area contributed by atoms with Gasteiger partial charge in [-0.05, 0) is 12.1 Å². The largest absolute Gasteiger partial charge is 0.341 e. The lowest BCUT2D eigenvalue weighted by Gasteiger charge is -1.89. The van der Waals surface area contributed by atoms with Crippen LogP contribution in [0.1, 0.15) is 5.82 Å². The topological polar surface area (TPSA) is 57.8 Å². The molecule has 13 heavy (non-hydrogen) atoms. The summed E-state index contributed by atoms with van der Waals surface area (Å²) < 4.78 is 0. The summed E-state index contributed by atoms with van der Waals surface area (Å²) in [6.45, 7) is 0.387. The summed E-state index contributed by atoms with van der Waals surface area (Å²) >= 11 is 0. The molecular weight excluding hydrogens is 166 g/mol. The minimum absolute atomic E-state index is 0.387. The SMILES string of the molecule is O=[C]NCc1nc2ccccc2[nH]1. The van der Waals surface area contributed by atoms with Crippen LogP contribution in [0.4, 0.5) is 0 Å². The standard InChI is InChI=1S/C9H8N3O/c13-6-10-5-9-11-7-3-1-2-4-8(7)12-9/h1-4H,5H2,(H,10,13)(H,11,12). The molecule has 1 radical (unpaired) electrons. The second-order valence-corrected chi connectivity index (χ2v) is 2.66. The Kier molecular flexibility index (Phi) is 1.96. The van der Waals surface area contributed by atoms with E-state index in [-0.39, 0.29) is 0 Å². The van der Waals surface area contributed by atoms with E-state index in [2.05, 4.69) is 15.3 Å². The van der Waals surface area contributed by atoms with Gasteiger partial charge in [0.25, 0.3) is 0 Å². The molecule has 0 unspecified atom stereocenters. The van der Waals surface area contributed by atoms with Gasteiger partial charge in [-0.25, -0.2) is 4.98 Å². The first-order valence-corrected chi connectivity index (χ1v) is 3.94. The van der Waals surface area contributed by atoms with Crippen LogP contribution in [0.3, 0.4) is 0 Å². The number of imidazole rings is 1. The van der Waals surface area contributed by atoms with Gasteiger partial charge in [-0.2, -0.15) is 0 Å². The molecule has 2 N–H and O–H groups in total. The molecule has 1 aromatic heterocycles. The molecule has 0 spiro atoms. The van der Waals surface area contributed by atoms with E-state index in [1.165, 1.54) is 0 Å². The number of carbonyl (C=O) groups excluding carboxylic acids is 1. The van der Waals surface area contributed by atoms with Crippen molar-refractivity contribution in [1.29, 1.82) is 0 Å². The van der Waals surface area contributed by atoms with Gasteiger partial charge in [0.2, 0.25) is 0 Å². The molecule has 2 rings (SSSR count). The molecule has 1 aromatic carbocycles. The Morgan fingerprint density at radius 3 is 3.08 bits per heavy atom. The molecule has 2 aromatic rings. The monoisotopic (exact) mass is 174 g/mol. The number of H-pyrrole nitrogens is 1. The fourth-order valence-electron chi connectivity index (χ4n) is 1.21. The van der Waals surface area contributed by atoms with Crippen molar-refractivity contribution in [2.24, 2.45) is 0 Å². The van der Waals surface area contributed by atoms with Crippen molar-refractivity contribution in [2.45, 2.75) is 6.54 Å². The number of benzene rings is 1. The number of aromatic nitrogens is 2. The zero-order chi connectivity index (χ0) is 9.10. The van der Waals surface area contributed by atoms with Crippen LogP contribution in [0.25, 0.3) is 11.0 Å². The van der Waals surface area contributed by atoms with Gasteiger partial charge in [0.05, 0.1) is 17.6 Å². The van der Waals surface area contributed by atoms with Crippen molar-refractivity contribution < 1.29 is 4.79 Å². The molecule has 4 nitrogen and oxygen atoms in total. The number of aromatic amines is 1. The van der Waals surface area contributed by atoms with Crippen molar-refractivity contribution in [3.63, 3.8) is 0 Å². The zero-order valence-corrected chi connectivity index (χ0v) is 6.87. The van der Waals surface area contributed by atoms with E-state index in [0.717, 1.165) is 16.9 Å². The summed E-state index contributed by atoms with van der Waals surface area (Å²) in [7, 11) is 0. The van der Waals surface area contributed by atoms with Crippen LogP contribution in [0.2, 0.25) is 0 Å². The average molecular weight is 174 g/mol. The van der Waals surface area contributed by atoms with Crippen molar-refractivity contribution in [3.8, 4) is 0 Å². The number of para-hydroxylation sites is 2. The second kappa shape index (κ2) is 3.26. The number of amides is 1. The second-order valence-electron chi connectivity index (χ2n) is 2.66. The number of hydrogen-bond donors (Lipinski definition) is 2. The van der Waals surface area contributed by atoms with Gasteiger partial charge < -0.3 is 10.3 Å². The van der Waals surface area contributed by atoms with Gasteiger partial charge in [0.15, 0.2) is 0 Å². The first-order valence-electron chi connectivity index (χ1n) is 3.94. The Hall–Kier alpha value is -1.84. The van der Waals surface area contributed by atoms with Gasteiger partial charge in [-0.1, -0.05) is 12.1 Å². The zero-order valence-electron chi connectivity index (χ0n) is 6.87. The first kappa shape index (κ1) is 7.79. The van der Waals surface area contributed by atoms with Crippen LogP contribution in [-0.4, -0.2) is 16.4 Å². The molecule has 4 heteroatoms. The number of hydrogen-bond acceptors (Lipinski definition) is 2. The fourth-order valence-corrected chi connectivity index (χ4v) is 1.21. The average Bonchev–Trinajstić information content (AvgIpc) is 2.57. The van der Waals surface area contributed by atoms with Crippen LogP contribution < -0.4 is 5.32 Å². The van der Waals surface area contributed by atoms with Crippen molar-refractivity contribution >= 4 is 17.4 Å². The van der Waals surface area contributed by atoms with Crippen LogP contribution in [0, 0.1) is 0 Å². The van der Waals surface area contributed by atoms with E-state index in [9.17, 15) is 4.79 Å². The number of rotatable bonds is 3. The number of nitrogens with one attached hydrogen (secondary N) is 2.